The molecule has 6 nitrogen and oxygen atoms in total. The van der Waals surface area contributed by atoms with Gasteiger partial charge in [-0.3, -0.25) is 4.99 Å². The van der Waals surface area contributed by atoms with E-state index in [4.69, 9.17) is 0 Å². The van der Waals surface area contributed by atoms with E-state index in [9.17, 15) is 0 Å². The largest absolute Gasteiger partial charge is 0.355 e. The SMILES string of the molecule is CCc1nsc(N2CCN(C(=NC)NCC(C)(C)c3ccccc3)CC2)n1. The van der Waals surface area contributed by atoms with Crippen LogP contribution in [-0.2, 0) is 11.8 Å². The number of benzene rings is 1. The number of nitrogens with zero attached hydrogens (tertiary/aromatic N) is 5. The fraction of sp³-hybridized carbons (Fsp3) is 0.550. The summed E-state index contributed by atoms with van der Waals surface area (Å²) in [5.41, 5.74) is 1.38. The van der Waals surface area contributed by atoms with Crippen LogP contribution in [0.2, 0.25) is 0 Å². The van der Waals surface area contributed by atoms with Gasteiger partial charge < -0.3 is 15.1 Å². The minimum absolute atomic E-state index is 0.0438. The number of aliphatic imine (C=N–C) groups is 1. The van der Waals surface area contributed by atoms with Crippen molar-refractivity contribution in [1.82, 2.24) is 19.6 Å². The number of rotatable bonds is 5. The Kier molecular flexibility index (Phi) is 6.31. The molecule has 1 saturated heterocycles. The van der Waals surface area contributed by atoms with E-state index < -0.39 is 0 Å². The Morgan fingerprint density at radius 2 is 1.89 bits per heavy atom. The van der Waals surface area contributed by atoms with Crippen LogP contribution in [0.5, 0.6) is 0 Å². The van der Waals surface area contributed by atoms with Gasteiger partial charge in [0.15, 0.2) is 5.96 Å². The van der Waals surface area contributed by atoms with E-state index in [0.29, 0.717) is 0 Å². The molecular formula is C20H30N6S. The van der Waals surface area contributed by atoms with E-state index in [-0.39, 0.29) is 5.41 Å². The summed E-state index contributed by atoms with van der Waals surface area (Å²) in [6.07, 6.45) is 0.893. The third-order valence-corrected chi connectivity index (χ3v) is 5.89. The highest BCUT2D eigenvalue weighted by Gasteiger charge is 2.25. The molecule has 0 atom stereocenters. The molecule has 146 valence electrons. The summed E-state index contributed by atoms with van der Waals surface area (Å²) in [4.78, 5) is 13.8. The Hall–Kier alpha value is -2.15. The molecule has 1 aliphatic heterocycles. The molecule has 3 rings (SSSR count). The molecule has 7 heteroatoms. The first kappa shape index (κ1) is 19.6. The number of guanidine groups is 1. The van der Waals surface area contributed by atoms with Gasteiger partial charge in [0.2, 0.25) is 5.13 Å². The van der Waals surface area contributed by atoms with Crippen molar-refractivity contribution in [3.05, 3.63) is 41.7 Å². The minimum atomic E-state index is 0.0438. The van der Waals surface area contributed by atoms with Crippen molar-refractivity contribution in [3.8, 4) is 0 Å². The topological polar surface area (TPSA) is 56.7 Å². The molecule has 0 saturated carbocycles. The quantitative estimate of drug-likeness (QED) is 0.633. The number of hydrogen-bond donors (Lipinski definition) is 1. The lowest BCUT2D eigenvalue weighted by molar-refractivity contribution is 0.366. The van der Waals surface area contributed by atoms with Crippen LogP contribution in [0.1, 0.15) is 32.2 Å². The van der Waals surface area contributed by atoms with Gasteiger partial charge in [0.05, 0.1) is 0 Å². The van der Waals surface area contributed by atoms with Crippen molar-refractivity contribution >= 4 is 22.6 Å². The van der Waals surface area contributed by atoms with Gasteiger partial charge in [-0.1, -0.05) is 51.1 Å². The first-order chi connectivity index (χ1) is 13.0. The standard InChI is InChI=1S/C20H30N6S/c1-5-17-23-19(27-24-17)26-13-11-25(12-14-26)18(21-4)22-15-20(2,3)16-9-7-6-8-10-16/h6-10H,5,11-15H2,1-4H3,(H,21,22). The van der Waals surface area contributed by atoms with Gasteiger partial charge in [-0.05, 0) is 5.56 Å². The lowest BCUT2D eigenvalue weighted by Crippen LogP contribution is -2.54. The Labute approximate surface area is 166 Å². The molecule has 1 aromatic heterocycles. The fourth-order valence-corrected chi connectivity index (χ4v) is 4.05. The second kappa shape index (κ2) is 8.69. The van der Waals surface area contributed by atoms with Gasteiger partial charge in [-0.25, -0.2) is 4.98 Å². The molecule has 1 N–H and O–H groups in total. The third kappa shape index (κ3) is 4.77. The minimum Gasteiger partial charge on any atom is -0.355 e. The average molecular weight is 387 g/mol. The number of aromatic nitrogens is 2. The first-order valence-electron chi connectivity index (χ1n) is 9.62. The zero-order chi connectivity index (χ0) is 19.3. The normalized spacial score (nSPS) is 15.9. The monoisotopic (exact) mass is 386 g/mol. The van der Waals surface area contributed by atoms with Crippen LogP contribution in [0.4, 0.5) is 5.13 Å². The molecule has 0 radical (unpaired) electrons. The molecule has 27 heavy (non-hydrogen) atoms. The average Bonchev–Trinajstić information content (AvgIpc) is 3.19. The maximum Gasteiger partial charge on any atom is 0.205 e. The van der Waals surface area contributed by atoms with Crippen molar-refractivity contribution in [1.29, 1.82) is 0 Å². The molecule has 0 aliphatic carbocycles. The molecule has 0 spiro atoms. The summed E-state index contributed by atoms with van der Waals surface area (Å²) < 4.78 is 4.40. The van der Waals surface area contributed by atoms with E-state index in [2.05, 4.69) is 80.6 Å². The molecule has 0 bridgehead atoms. The Bertz CT molecular complexity index is 747. The van der Waals surface area contributed by atoms with Gasteiger partial charge in [0.1, 0.15) is 5.82 Å². The van der Waals surface area contributed by atoms with Crippen molar-refractivity contribution in [2.45, 2.75) is 32.6 Å². The number of aryl methyl sites for hydroxylation is 1. The molecule has 0 unspecified atom stereocenters. The summed E-state index contributed by atoms with van der Waals surface area (Å²) in [7, 11) is 1.86. The smallest absolute Gasteiger partial charge is 0.205 e. The van der Waals surface area contributed by atoms with Gasteiger partial charge in [0.25, 0.3) is 0 Å². The van der Waals surface area contributed by atoms with Crippen molar-refractivity contribution in [2.75, 3.05) is 44.7 Å². The van der Waals surface area contributed by atoms with E-state index in [1.54, 1.807) is 0 Å². The van der Waals surface area contributed by atoms with Crippen molar-refractivity contribution in [2.24, 2.45) is 4.99 Å². The number of hydrogen-bond acceptors (Lipinski definition) is 5. The maximum atomic E-state index is 4.61. The van der Waals surface area contributed by atoms with E-state index >= 15 is 0 Å². The van der Waals surface area contributed by atoms with Crippen LogP contribution < -0.4 is 10.2 Å². The van der Waals surface area contributed by atoms with Crippen LogP contribution >= 0.6 is 11.5 Å². The highest BCUT2D eigenvalue weighted by molar-refractivity contribution is 7.09. The number of nitrogens with one attached hydrogen (secondary N) is 1. The predicted octanol–water partition coefficient (Wildman–Crippen LogP) is 2.78. The summed E-state index contributed by atoms with van der Waals surface area (Å²) >= 11 is 1.51. The second-order valence-electron chi connectivity index (χ2n) is 7.47. The van der Waals surface area contributed by atoms with Crippen LogP contribution in [0.25, 0.3) is 0 Å². The molecule has 0 amide bonds. The van der Waals surface area contributed by atoms with E-state index in [1.165, 1.54) is 17.1 Å². The zero-order valence-electron chi connectivity index (χ0n) is 16.8. The predicted molar refractivity (Wildman–Crippen MR) is 114 cm³/mol. The van der Waals surface area contributed by atoms with Crippen LogP contribution in [0.15, 0.2) is 35.3 Å². The third-order valence-electron chi connectivity index (χ3n) is 5.08. The van der Waals surface area contributed by atoms with E-state index in [0.717, 1.165) is 56.1 Å². The maximum absolute atomic E-state index is 4.61. The lowest BCUT2D eigenvalue weighted by atomic mass is 9.85. The molecule has 2 aromatic rings. The van der Waals surface area contributed by atoms with Crippen molar-refractivity contribution < 1.29 is 0 Å². The zero-order valence-corrected chi connectivity index (χ0v) is 17.6. The lowest BCUT2D eigenvalue weighted by Gasteiger charge is -2.37. The van der Waals surface area contributed by atoms with Gasteiger partial charge in [0, 0.05) is 63.1 Å². The number of piperazine rings is 1. The Morgan fingerprint density at radius 3 is 2.48 bits per heavy atom. The Morgan fingerprint density at radius 1 is 1.19 bits per heavy atom. The Balaban J connectivity index is 1.54. The molecular weight excluding hydrogens is 356 g/mol. The van der Waals surface area contributed by atoms with Gasteiger partial charge in [-0.15, -0.1) is 0 Å². The van der Waals surface area contributed by atoms with Crippen LogP contribution in [0.3, 0.4) is 0 Å². The van der Waals surface area contributed by atoms with Gasteiger partial charge >= 0.3 is 0 Å². The molecule has 1 aromatic carbocycles. The highest BCUT2D eigenvalue weighted by atomic mass is 32.1. The summed E-state index contributed by atoms with van der Waals surface area (Å²) in [6.45, 7) is 11.2. The molecule has 1 aliphatic rings. The second-order valence-corrected chi connectivity index (χ2v) is 8.20. The summed E-state index contributed by atoms with van der Waals surface area (Å²) in [5.74, 6) is 1.92. The van der Waals surface area contributed by atoms with Crippen LogP contribution in [0, 0.1) is 0 Å². The fourth-order valence-electron chi connectivity index (χ4n) is 3.25. The van der Waals surface area contributed by atoms with Crippen LogP contribution in [-0.4, -0.2) is 60.0 Å². The highest BCUT2D eigenvalue weighted by Crippen LogP contribution is 2.22. The van der Waals surface area contributed by atoms with Crippen molar-refractivity contribution in [3.63, 3.8) is 0 Å². The number of anilines is 1. The summed E-state index contributed by atoms with van der Waals surface area (Å²) in [5, 5.41) is 4.62. The van der Waals surface area contributed by atoms with Gasteiger partial charge in [-0.2, -0.15) is 4.37 Å². The summed E-state index contributed by atoms with van der Waals surface area (Å²) in [6, 6.07) is 10.6. The molecule has 2 heterocycles. The first-order valence-corrected chi connectivity index (χ1v) is 10.4. The molecule has 1 fully saturated rings. The van der Waals surface area contributed by atoms with E-state index in [1.807, 2.05) is 7.05 Å².